The quantitative estimate of drug-likeness (QED) is 0.907. The van der Waals surface area contributed by atoms with Crippen LogP contribution in [0, 0.1) is 0 Å². The highest BCUT2D eigenvalue weighted by Gasteiger charge is 2.13. The van der Waals surface area contributed by atoms with E-state index in [1.165, 1.54) is 10.9 Å². The van der Waals surface area contributed by atoms with Gasteiger partial charge in [-0.2, -0.15) is 0 Å². The van der Waals surface area contributed by atoms with E-state index in [0.717, 1.165) is 18.6 Å². The molecule has 0 bridgehead atoms. The highest BCUT2D eigenvalue weighted by Crippen LogP contribution is 2.15. The molecule has 1 unspecified atom stereocenters. The second-order valence-corrected chi connectivity index (χ2v) is 4.69. The lowest BCUT2D eigenvalue weighted by atomic mass is 10.1. The van der Waals surface area contributed by atoms with Crippen LogP contribution in [0.2, 0.25) is 0 Å². The first-order chi connectivity index (χ1) is 9.43. The fourth-order valence-electron chi connectivity index (χ4n) is 2.33. The summed E-state index contributed by atoms with van der Waals surface area (Å²) in [4.78, 5) is 4.45. The minimum Gasteiger partial charge on any atom is -0.376 e. The molecule has 0 spiro atoms. The number of ether oxygens (including phenoxy) is 2. The van der Waals surface area contributed by atoms with Crippen molar-refractivity contribution in [2.75, 3.05) is 26.4 Å². The van der Waals surface area contributed by atoms with E-state index in [2.05, 4.69) is 34.6 Å². The van der Waals surface area contributed by atoms with Crippen LogP contribution in [0.15, 0.2) is 36.5 Å². The Bertz CT molecular complexity index is 533. The van der Waals surface area contributed by atoms with Gasteiger partial charge in [-0.1, -0.05) is 24.3 Å². The minimum absolute atomic E-state index is 0.164. The monoisotopic (exact) mass is 258 g/mol. The van der Waals surface area contributed by atoms with Gasteiger partial charge in [0.05, 0.1) is 31.4 Å². The van der Waals surface area contributed by atoms with E-state index in [-0.39, 0.29) is 6.10 Å². The number of nitrogens with one attached hydrogen (secondary N) is 1. The van der Waals surface area contributed by atoms with Gasteiger partial charge in [0.1, 0.15) is 0 Å². The molecule has 1 aliphatic rings. The van der Waals surface area contributed by atoms with E-state index in [1.807, 2.05) is 12.3 Å². The molecule has 3 rings (SSSR count). The summed E-state index contributed by atoms with van der Waals surface area (Å²) in [6.07, 6.45) is 2.00. The maximum absolute atomic E-state index is 5.60. The molecule has 2 heterocycles. The number of para-hydroxylation sites is 1. The summed E-state index contributed by atoms with van der Waals surface area (Å²) in [6, 6.07) is 10.3. The Labute approximate surface area is 112 Å². The van der Waals surface area contributed by atoms with Gasteiger partial charge in [-0.15, -0.1) is 0 Å². The van der Waals surface area contributed by atoms with Crippen molar-refractivity contribution in [1.29, 1.82) is 0 Å². The van der Waals surface area contributed by atoms with Gasteiger partial charge < -0.3 is 14.8 Å². The first-order valence-corrected chi connectivity index (χ1v) is 6.66. The molecule has 0 aliphatic carbocycles. The molecular weight excluding hydrogens is 240 g/mol. The zero-order chi connectivity index (χ0) is 12.9. The van der Waals surface area contributed by atoms with Crippen molar-refractivity contribution in [3.05, 3.63) is 42.1 Å². The molecular formula is C15H18N2O2. The zero-order valence-corrected chi connectivity index (χ0v) is 10.8. The van der Waals surface area contributed by atoms with E-state index in [9.17, 15) is 0 Å². The Hall–Kier alpha value is -1.49. The summed E-state index contributed by atoms with van der Waals surface area (Å²) in [5, 5.41) is 4.60. The fraction of sp³-hybridized carbons (Fsp3) is 0.400. The third kappa shape index (κ3) is 3.10. The number of benzene rings is 1. The van der Waals surface area contributed by atoms with E-state index < -0.39 is 0 Å². The largest absolute Gasteiger partial charge is 0.376 e. The Morgan fingerprint density at radius 2 is 2.16 bits per heavy atom. The van der Waals surface area contributed by atoms with Gasteiger partial charge in [-0.25, -0.2) is 0 Å². The average molecular weight is 258 g/mol. The molecule has 1 fully saturated rings. The van der Waals surface area contributed by atoms with Gasteiger partial charge >= 0.3 is 0 Å². The molecule has 1 aromatic heterocycles. The number of hydrogen-bond acceptors (Lipinski definition) is 4. The van der Waals surface area contributed by atoms with Crippen molar-refractivity contribution >= 4 is 10.9 Å². The van der Waals surface area contributed by atoms with Gasteiger partial charge in [0, 0.05) is 24.7 Å². The Kier molecular flexibility index (Phi) is 4.03. The molecule has 1 N–H and O–H groups in total. The Morgan fingerprint density at radius 3 is 3.05 bits per heavy atom. The lowest BCUT2D eigenvalue weighted by Crippen LogP contribution is -2.37. The standard InChI is InChI=1S/C15H18N2O2/c1-3-12-5-2-6-17-15(12)13(4-1)9-16-10-14-11-18-7-8-19-14/h1-6,14,16H,7-11H2. The van der Waals surface area contributed by atoms with Crippen LogP contribution < -0.4 is 5.32 Å². The van der Waals surface area contributed by atoms with Crippen molar-refractivity contribution in [3.8, 4) is 0 Å². The topological polar surface area (TPSA) is 43.4 Å². The summed E-state index contributed by atoms with van der Waals surface area (Å²) < 4.78 is 11.0. The third-order valence-corrected chi connectivity index (χ3v) is 3.29. The van der Waals surface area contributed by atoms with Gasteiger partial charge in [-0.3, -0.25) is 4.98 Å². The van der Waals surface area contributed by atoms with Crippen molar-refractivity contribution in [2.45, 2.75) is 12.6 Å². The highest BCUT2D eigenvalue weighted by molar-refractivity contribution is 5.81. The number of hydrogen-bond donors (Lipinski definition) is 1. The van der Waals surface area contributed by atoms with Crippen LogP contribution in [0.1, 0.15) is 5.56 Å². The van der Waals surface area contributed by atoms with Crippen LogP contribution in [0.4, 0.5) is 0 Å². The van der Waals surface area contributed by atoms with Crippen LogP contribution >= 0.6 is 0 Å². The molecule has 0 amide bonds. The highest BCUT2D eigenvalue weighted by atomic mass is 16.6. The normalized spacial score (nSPS) is 19.7. The van der Waals surface area contributed by atoms with Crippen molar-refractivity contribution in [3.63, 3.8) is 0 Å². The molecule has 0 saturated carbocycles. The number of aromatic nitrogens is 1. The molecule has 19 heavy (non-hydrogen) atoms. The number of rotatable bonds is 4. The predicted octanol–water partition coefficient (Wildman–Crippen LogP) is 1.74. The Balaban J connectivity index is 1.62. The minimum atomic E-state index is 0.164. The molecule has 1 saturated heterocycles. The molecule has 1 aromatic carbocycles. The first kappa shape index (κ1) is 12.5. The Morgan fingerprint density at radius 1 is 1.21 bits per heavy atom. The van der Waals surface area contributed by atoms with Gasteiger partial charge in [0.25, 0.3) is 0 Å². The predicted molar refractivity (Wildman–Crippen MR) is 74.0 cm³/mol. The number of nitrogens with zero attached hydrogens (tertiary/aromatic N) is 1. The summed E-state index contributed by atoms with van der Waals surface area (Å²) in [7, 11) is 0. The van der Waals surface area contributed by atoms with Crippen LogP contribution in [-0.4, -0.2) is 37.5 Å². The smallest absolute Gasteiger partial charge is 0.0933 e. The lowest BCUT2D eigenvalue weighted by Gasteiger charge is -2.23. The molecule has 0 radical (unpaired) electrons. The molecule has 4 heteroatoms. The van der Waals surface area contributed by atoms with E-state index in [4.69, 9.17) is 9.47 Å². The maximum Gasteiger partial charge on any atom is 0.0933 e. The molecule has 1 aliphatic heterocycles. The van der Waals surface area contributed by atoms with Crippen LogP contribution in [0.3, 0.4) is 0 Å². The fourth-order valence-corrected chi connectivity index (χ4v) is 2.33. The molecule has 4 nitrogen and oxygen atoms in total. The molecule has 100 valence electrons. The first-order valence-electron chi connectivity index (χ1n) is 6.66. The van der Waals surface area contributed by atoms with E-state index in [1.54, 1.807) is 0 Å². The van der Waals surface area contributed by atoms with Crippen LogP contribution in [0.25, 0.3) is 10.9 Å². The van der Waals surface area contributed by atoms with Crippen LogP contribution in [0.5, 0.6) is 0 Å². The van der Waals surface area contributed by atoms with E-state index in [0.29, 0.717) is 19.8 Å². The van der Waals surface area contributed by atoms with Gasteiger partial charge in [0.15, 0.2) is 0 Å². The molecule has 2 aromatic rings. The second-order valence-electron chi connectivity index (χ2n) is 4.69. The average Bonchev–Trinajstić information content (AvgIpc) is 2.49. The zero-order valence-electron chi connectivity index (χ0n) is 10.8. The summed E-state index contributed by atoms with van der Waals surface area (Å²) in [5.74, 6) is 0. The lowest BCUT2D eigenvalue weighted by molar-refractivity contribution is -0.0864. The number of pyridine rings is 1. The maximum atomic E-state index is 5.60. The third-order valence-electron chi connectivity index (χ3n) is 3.29. The van der Waals surface area contributed by atoms with Crippen molar-refractivity contribution in [2.24, 2.45) is 0 Å². The van der Waals surface area contributed by atoms with Crippen LogP contribution in [-0.2, 0) is 16.0 Å². The summed E-state index contributed by atoms with van der Waals surface area (Å²) >= 11 is 0. The second kappa shape index (κ2) is 6.10. The van der Waals surface area contributed by atoms with Crippen molar-refractivity contribution in [1.82, 2.24) is 10.3 Å². The van der Waals surface area contributed by atoms with Gasteiger partial charge in [-0.05, 0) is 11.6 Å². The van der Waals surface area contributed by atoms with Crippen molar-refractivity contribution < 1.29 is 9.47 Å². The summed E-state index contributed by atoms with van der Waals surface area (Å²) in [5.41, 5.74) is 2.29. The molecule has 1 atom stereocenters. The van der Waals surface area contributed by atoms with Gasteiger partial charge in [0.2, 0.25) is 0 Å². The number of fused-ring (bicyclic) bond motifs is 1. The van der Waals surface area contributed by atoms with E-state index >= 15 is 0 Å². The summed E-state index contributed by atoms with van der Waals surface area (Å²) in [6.45, 7) is 3.70. The SMILES string of the molecule is c1cnc2c(CNCC3COCCO3)cccc2c1.